The van der Waals surface area contributed by atoms with E-state index in [0.29, 0.717) is 23.6 Å². The Bertz CT molecular complexity index is 747. The maximum absolute atomic E-state index is 13.4. The van der Waals surface area contributed by atoms with Crippen molar-refractivity contribution in [2.24, 2.45) is 5.73 Å². The molecule has 3 rings (SSSR count). The summed E-state index contributed by atoms with van der Waals surface area (Å²) in [6, 6.07) is 8.21. The van der Waals surface area contributed by atoms with Gasteiger partial charge in [-0.3, -0.25) is 4.98 Å². The molecule has 1 aromatic carbocycles. The first kappa shape index (κ1) is 13.4. The van der Waals surface area contributed by atoms with Crippen molar-refractivity contribution in [2.45, 2.75) is 13.5 Å². The van der Waals surface area contributed by atoms with Crippen LogP contribution in [0.25, 0.3) is 23.0 Å². The second-order valence-corrected chi connectivity index (χ2v) is 4.70. The Hall–Kier alpha value is -2.60. The third kappa shape index (κ3) is 2.80. The molecule has 21 heavy (non-hydrogen) atoms. The van der Waals surface area contributed by atoms with Gasteiger partial charge in [-0.25, -0.2) is 4.39 Å². The Morgan fingerprint density at radius 3 is 2.76 bits per heavy atom. The number of pyridine rings is 1. The molecule has 0 bridgehead atoms. The van der Waals surface area contributed by atoms with Gasteiger partial charge in [-0.1, -0.05) is 11.2 Å². The molecule has 3 aromatic rings. The summed E-state index contributed by atoms with van der Waals surface area (Å²) in [5.74, 6) is 0.287. The van der Waals surface area contributed by atoms with Crippen molar-refractivity contribution in [3.8, 4) is 23.0 Å². The van der Waals surface area contributed by atoms with Gasteiger partial charge >= 0.3 is 0 Å². The van der Waals surface area contributed by atoms with Crippen LogP contribution in [0.15, 0.2) is 41.1 Å². The van der Waals surface area contributed by atoms with Gasteiger partial charge in [0.15, 0.2) is 0 Å². The van der Waals surface area contributed by atoms with Crippen molar-refractivity contribution in [3.63, 3.8) is 0 Å². The lowest BCUT2D eigenvalue weighted by Crippen LogP contribution is -1.96. The van der Waals surface area contributed by atoms with E-state index in [1.807, 2.05) is 6.07 Å². The molecule has 2 aromatic heterocycles. The molecule has 0 spiro atoms. The molecule has 0 amide bonds. The molecular weight excluding hydrogens is 271 g/mol. The summed E-state index contributed by atoms with van der Waals surface area (Å²) in [5.41, 5.74) is 8.35. The average molecular weight is 284 g/mol. The van der Waals surface area contributed by atoms with Crippen molar-refractivity contribution in [2.75, 3.05) is 0 Å². The van der Waals surface area contributed by atoms with Crippen LogP contribution in [-0.2, 0) is 6.54 Å². The summed E-state index contributed by atoms with van der Waals surface area (Å²) in [6.45, 7) is 2.23. The van der Waals surface area contributed by atoms with Crippen LogP contribution in [0.2, 0.25) is 0 Å². The Balaban J connectivity index is 1.95. The normalized spacial score (nSPS) is 10.8. The summed E-state index contributed by atoms with van der Waals surface area (Å²) >= 11 is 0. The van der Waals surface area contributed by atoms with Gasteiger partial charge in [-0.05, 0) is 42.3 Å². The van der Waals surface area contributed by atoms with Gasteiger partial charge in [0.05, 0.1) is 0 Å². The van der Waals surface area contributed by atoms with Crippen LogP contribution in [0.5, 0.6) is 0 Å². The van der Waals surface area contributed by atoms with E-state index >= 15 is 0 Å². The first-order valence-electron chi connectivity index (χ1n) is 6.42. The Morgan fingerprint density at radius 1 is 1.24 bits per heavy atom. The van der Waals surface area contributed by atoms with Crippen LogP contribution in [0.4, 0.5) is 4.39 Å². The van der Waals surface area contributed by atoms with E-state index < -0.39 is 0 Å². The summed E-state index contributed by atoms with van der Waals surface area (Å²) in [7, 11) is 0. The zero-order chi connectivity index (χ0) is 14.8. The highest BCUT2D eigenvalue weighted by Crippen LogP contribution is 2.22. The van der Waals surface area contributed by atoms with Gasteiger partial charge in [0, 0.05) is 18.3 Å². The predicted molar refractivity (Wildman–Crippen MR) is 75.6 cm³/mol. The summed E-state index contributed by atoms with van der Waals surface area (Å²) in [6.07, 6.45) is 1.66. The van der Waals surface area contributed by atoms with Crippen molar-refractivity contribution in [3.05, 3.63) is 53.5 Å². The topological polar surface area (TPSA) is 77.8 Å². The van der Waals surface area contributed by atoms with Crippen molar-refractivity contribution >= 4 is 0 Å². The maximum atomic E-state index is 13.4. The smallest absolute Gasteiger partial charge is 0.276 e. The lowest BCUT2D eigenvalue weighted by molar-refractivity contribution is 0.431. The number of benzene rings is 1. The fraction of sp³-hybridized carbons (Fsp3) is 0.133. The predicted octanol–water partition coefficient (Wildman–Crippen LogP) is 2.70. The minimum atomic E-state index is -0.332. The van der Waals surface area contributed by atoms with Crippen LogP contribution in [-0.4, -0.2) is 15.1 Å². The molecule has 0 radical (unpaired) electrons. The summed E-state index contributed by atoms with van der Waals surface area (Å²) < 4.78 is 18.6. The van der Waals surface area contributed by atoms with Gasteiger partial charge in [0.2, 0.25) is 5.82 Å². The highest BCUT2D eigenvalue weighted by molar-refractivity contribution is 5.58. The van der Waals surface area contributed by atoms with Crippen LogP contribution in [0.3, 0.4) is 0 Å². The van der Waals surface area contributed by atoms with Crippen LogP contribution in [0, 0.1) is 12.7 Å². The number of rotatable bonds is 3. The van der Waals surface area contributed by atoms with Crippen molar-refractivity contribution in [1.29, 1.82) is 0 Å². The third-order valence-electron chi connectivity index (χ3n) is 3.01. The largest absolute Gasteiger partial charge is 0.332 e. The molecule has 2 heterocycles. The minimum Gasteiger partial charge on any atom is -0.332 e. The Labute approximate surface area is 120 Å². The van der Waals surface area contributed by atoms with E-state index in [2.05, 4.69) is 15.1 Å². The van der Waals surface area contributed by atoms with Crippen molar-refractivity contribution < 1.29 is 8.91 Å². The van der Waals surface area contributed by atoms with E-state index in [-0.39, 0.29) is 11.7 Å². The fourth-order valence-electron chi connectivity index (χ4n) is 1.98. The van der Waals surface area contributed by atoms with E-state index in [1.165, 1.54) is 12.1 Å². The Kier molecular flexibility index (Phi) is 3.45. The molecule has 0 aliphatic carbocycles. The minimum absolute atomic E-state index is 0.287. The third-order valence-corrected chi connectivity index (χ3v) is 3.01. The molecule has 0 aliphatic rings. The van der Waals surface area contributed by atoms with Gasteiger partial charge in [-0.15, -0.1) is 0 Å². The molecule has 5 nitrogen and oxygen atoms in total. The number of hydrogen-bond acceptors (Lipinski definition) is 5. The lowest BCUT2D eigenvalue weighted by atomic mass is 10.1. The number of aromatic nitrogens is 3. The number of aryl methyl sites for hydroxylation is 1. The molecule has 0 atom stereocenters. The monoisotopic (exact) mass is 284 g/mol. The zero-order valence-electron chi connectivity index (χ0n) is 11.4. The first-order chi connectivity index (χ1) is 10.2. The van der Waals surface area contributed by atoms with Crippen LogP contribution >= 0.6 is 0 Å². The molecule has 0 saturated carbocycles. The quantitative estimate of drug-likeness (QED) is 0.800. The molecular formula is C15H13FN4O. The molecule has 0 saturated heterocycles. The van der Waals surface area contributed by atoms with Gasteiger partial charge in [0.25, 0.3) is 5.89 Å². The summed E-state index contributed by atoms with van der Waals surface area (Å²) in [5, 5.41) is 3.87. The van der Waals surface area contributed by atoms with Gasteiger partial charge < -0.3 is 10.3 Å². The summed E-state index contributed by atoms with van der Waals surface area (Å²) in [4.78, 5) is 8.46. The molecule has 106 valence electrons. The molecule has 2 N–H and O–H groups in total. The lowest BCUT2D eigenvalue weighted by Gasteiger charge is -1.98. The van der Waals surface area contributed by atoms with E-state index in [0.717, 1.165) is 11.1 Å². The van der Waals surface area contributed by atoms with Crippen LogP contribution < -0.4 is 5.73 Å². The fourth-order valence-corrected chi connectivity index (χ4v) is 1.98. The second-order valence-electron chi connectivity index (χ2n) is 4.70. The standard InChI is InChI=1S/C15H13FN4O/c1-9-4-11(6-12(16)5-9)14-19-15(21-20-14)13-3-2-10(7-17)8-18-13/h2-6,8H,7,17H2,1H3. The van der Waals surface area contributed by atoms with E-state index in [4.69, 9.17) is 10.3 Å². The van der Waals surface area contributed by atoms with Crippen molar-refractivity contribution in [1.82, 2.24) is 15.1 Å². The molecule has 0 aliphatic heterocycles. The van der Waals surface area contributed by atoms with Gasteiger partial charge in [0.1, 0.15) is 11.5 Å². The average Bonchev–Trinajstić information content (AvgIpc) is 2.96. The number of nitrogens with zero attached hydrogens (tertiary/aromatic N) is 3. The van der Waals surface area contributed by atoms with Gasteiger partial charge in [-0.2, -0.15) is 4.98 Å². The number of nitrogens with two attached hydrogens (primary N) is 1. The van der Waals surface area contributed by atoms with E-state index in [9.17, 15) is 4.39 Å². The molecule has 6 heteroatoms. The highest BCUT2D eigenvalue weighted by atomic mass is 19.1. The molecule has 0 fully saturated rings. The maximum Gasteiger partial charge on any atom is 0.276 e. The van der Waals surface area contributed by atoms with Crippen LogP contribution in [0.1, 0.15) is 11.1 Å². The first-order valence-corrected chi connectivity index (χ1v) is 6.42. The highest BCUT2D eigenvalue weighted by Gasteiger charge is 2.12. The second kappa shape index (κ2) is 5.41. The van der Waals surface area contributed by atoms with E-state index in [1.54, 1.807) is 25.3 Å². The SMILES string of the molecule is Cc1cc(F)cc(-c2noc(-c3ccc(CN)cn3)n2)c1. The number of halogens is 1. The molecule has 0 unspecified atom stereocenters. The zero-order valence-corrected chi connectivity index (χ0v) is 11.4. The Morgan fingerprint density at radius 2 is 2.10 bits per heavy atom. The number of hydrogen-bond donors (Lipinski definition) is 1.